The van der Waals surface area contributed by atoms with Crippen molar-refractivity contribution in [1.82, 2.24) is 4.90 Å². The number of hydrogen-bond acceptors (Lipinski definition) is 3. The summed E-state index contributed by atoms with van der Waals surface area (Å²) < 4.78 is 6.12. The van der Waals surface area contributed by atoms with Gasteiger partial charge in [-0.25, -0.2) is 0 Å². The van der Waals surface area contributed by atoms with E-state index in [0.717, 1.165) is 32.5 Å². The summed E-state index contributed by atoms with van der Waals surface area (Å²) in [5, 5.41) is 0. The minimum absolute atomic E-state index is 0.0563. The van der Waals surface area contributed by atoms with Crippen molar-refractivity contribution in [3.63, 3.8) is 0 Å². The molecule has 2 rings (SSSR count). The zero-order chi connectivity index (χ0) is 13.9. The van der Waals surface area contributed by atoms with Gasteiger partial charge in [0.25, 0.3) is 0 Å². The van der Waals surface area contributed by atoms with Gasteiger partial charge >= 0.3 is 0 Å². The second-order valence-corrected chi connectivity index (χ2v) is 6.56. The highest BCUT2D eigenvalue weighted by Crippen LogP contribution is 2.34. The molecular weight excluding hydrogens is 238 g/mol. The van der Waals surface area contributed by atoms with E-state index in [1.807, 2.05) is 0 Å². The Morgan fingerprint density at radius 1 is 1.21 bits per heavy atom. The molecule has 0 aromatic heterocycles. The highest BCUT2D eigenvalue weighted by Gasteiger charge is 2.35. The van der Waals surface area contributed by atoms with Crippen LogP contribution in [0.2, 0.25) is 0 Å². The Morgan fingerprint density at radius 3 is 2.53 bits per heavy atom. The molecule has 0 aromatic rings. The van der Waals surface area contributed by atoms with E-state index in [1.165, 1.54) is 6.42 Å². The van der Waals surface area contributed by atoms with E-state index in [-0.39, 0.29) is 11.2 Å². The van der Waals surface area contributed by atoms with Crippen LogP contribution in [0.5, 0.6) is 0 Å². The maximum absolute atomic E-state index is 11.2. The molecule has 1 atom stereocenters. The van der Waals surface area contributed by atoms with Crippen LogP contribution in [0.15, 0.2) is 0 Å². The highest BCUT2D eigenvalue weighted by molar-refractivity contribution is 5.79. The summed E-state index contributed by atoms with van der Waals surface area (Å²) >= 11 is 0. The molecule has 3 nitrogen and oxygen atoms in total. The Morgan fingerprint density at radius 2 is 1.89 bits per heavy atom. The lowest BCUT2D eigenvalue weighted by Gasteiger charge is -2.40. The molecule has 2 aliphatic rings. The largest absolute Gasteiger partial charge is 0.357 e. The van der Waals surface area contributed by atoms with Crippen molar-refractivity contribution in [3.05, 3.63) is 0 Å². The monoisotopic (exact) mass is 263 g/mol. The standard InChI is InChI=1S/C16H25NO2/c1-15(2)8-4-9-16(3,19-15)10-5-11-17-12-6-14(18)7-13-17/h4,6-9,11-13H2,1-3H3/t16-/m0/s1. The number of carbonyl (C=O) groups is 1. The van der Waals surface area contributed by atoms with Crippen LogP contribution in [0.4, 0.5) is 0 Å². The van der Waals surface area contributed by atoms with E-state index in [1.54, 1.807) is 0 Å². The van der Waals surface area contributed by atoms with Crippen LogP contribution in [0.3, 0.4) is 0 Å². The molecule has 2 heterocycles. The number of ether oxygens (including phenoxy) is 1. The number of ketones is 1. The first-order valence-corrected chi connectivity index (χ1v) is 7.33. The molecule has 106 valence electrons. The van der Waals surface area contributed by atoms with Gasteiger partial charge in [-0.3, -0.25) is 9.69 Å². The third-order valence-electron chi connectivity index (χ3n) is 4.00. The van der Waals surface area contributed by atoms with E-state index in [0.29, 0.717) is 18.6 Å². The number of piperidine rings is 1. The van der Waals surface area contributed by atoms with Crippen LogP contribution < -0.4 is 0 Å². The molecule has 2 fully saturated rings. The Balaban J connectivity index is 1.87. The molecule has 0 aliphatic carbocycles. The Bertz CT molecular complexity index is 395. The number of Topliss-reactive ketones (excluding diaryl/α,β-unsaturated/α-hetero) is 1. The van der Waals surface area contributed by atoms with Gasteiger partial charge in [0, 0.05) is 25.9 Å². The first-order chi connectivity index (χ1) is 8.89. The van der Waals surface area contributed by atoms with Gasteiger partial charge in [0.15, 0.2) is 0 Å². The van der Waals surface area contributed by atoms with E-state index >= 15 is 0 Å². The first-order valence-electron chi connectivity index (χ1n) is 7.33. The minimum atomic E-state index is -0.298. The summed E-state index contributed by atoms with van der Waals surface area (Å²) in [6.07, 6.45) is 4.67. The average Bonchev–Trinajstić information content (AvgIpc) is 2.30. The van der Waals surface area contributed by atoms with Crippen LogP contribution >= 0.6 is 0 Å². The fourth-order valence-corrected chi connectivity index (χ4v) is 2.95. The van der Waals surface area contributed by atoms with Crippen LogP contribution in [0.25, 0.3) is 0 Å². The number of carbonyl (C=O) groups excluding carboxylic acids is 1. The number of hydrogen-bond donors (Lipinski definition) is 0. The predicted molar refractivity (Wildman–Crippen MR) is 75.9 cm³/mol. The van der Waals surface area contributed by atoms with Crippen molar-refractivity contribution < 1.29 is 9.53 Å². The van der Waals surface area contributed by atoms with Gasteiger partial charge in [-0.15, -0.1) is 0 Å². The summed E-state index contributed by atoms with van der Waals surface area (Å²) in [6, 6.07) is 0. The van der Waals surface area contributed by atoms with Gasteiger partial charge in [0.2, 0.25) is 0 Å². The van der Waals surface area contributed by atoms with Crippen LogP contribution in [0.1, 0.15) is 52.9 Å². The fourth-order valence-electron chi connectivity index (χ4n) is 2.95. The Labute approximate surface area is 116 Å². The lowest BCUT2D eigenvalue weighted by molar-refractivity contribution is -0.135. The van der Waals surface area contributed by atoms with E-state index in [2.05, 4.69) is 37.5 Å². The quantitative estimate of drug-likeness (QED) is 0.680. The van der Waals surface area contributed by atoms with Crippen molar-refractivity contribution in [2.75, 3.05) is 19.6 Å². The van der Waals surface area contributed by atoms with Gasteiger partial charge < -0.3 is 4.74 Å². The zero-order valence-corrected chi connectivity index (χ0v) is 12.4. The maximum atomic E-state index is 11.2. The summed E-state index contributed by atoms with van der Waals surface area (Å²) in [6.45, 7) is 8.85. The van der Waals surface area contributed by atoms with Crippen molar-refractivity contribution in [3.8, 4) is 11.8 Å². The van der Waals surface area contributed by atoms with Crippen molar-refractivity contribution in [1.29, 1.82) is 0 Å². The van der Waals surface area contributed by atoms with Crippen molar-refractivity contribution >= 4 is 5.78 Å². The van der Waals surface area contributed by atoms with Crippen LogP contribution in [0, 0.1) is 11.8 Å². The minimum Gasteiger partial charge on any atom is -0.357 e. The van der Waals surface area contributed by atoms with E-state index in [4.69, 9.17) is 4.74 Å². The molecule has 0 spiro atoms. The second kappa shape index (κ2) is 5.64. The molecule has 0 radical (unpaired) electrons. The highest BCUT2D eigenvalue weighted by atomic mass is 16.5. The molecular formula is C16H25NO2. The van der Waals surface area contributed by atoms with Crippen molar-refractivity contribution in [2.24, 2.45) is 0 Å². The summed E-state index contributed by atoms with van der Waals surface area (Å²) in [4.78, 5) is 13.4. The summed E-state index contributed by atoms with van der Waals surface area (Å²) in [7, 11) is 0. The smallest absolute Gasteiger partial charge is 0.135 e. The Hall–Kier alpha value is -0.850. The molecule has 2 saturated heterocycles. The van der Waals surface area contributed by atoms with E-state index < -0.39 is 0 Å². The molecule has 0 amide bonds. The van der Waals surface area contributed by atoms with Gasteiger partial charge in [-0.2, -0.15) is 0 Å². The zero-order valence-electron chi connectivity index (χ0n) is 12.4. The number of likely N-dealkylation sites (tertiary alicyclic amines) is 1. The SMILES string of the molecule is CC1(C)CCC[C@@](C)(C#CCN2CCC(=O)CC2)O1. The Kier molecular flexibility index (Phi) is 4.32. The summed E-state index contributed by atoms with van der Waals surface area (Å²) in [5.41, 5.74) is -0.355. The molecule has 2 aliphatic heterocycles. The van der Waals surface area contributed by atoms with Crippen LogP contribution in [-0.4, -0.2) is 41.5 Å². The predicted octanol–water partition coefficient (Wildman–Crippen LogP) is 2.39. The maximum Gasteiger partial charge on any atom is 0.135 e. The molecule has 0 aromatic carbocycles. The van der Waals surface area contributed by atoms with Gasteiger partial charge in [0.05, 0.1) is 12.1 Å². The third-order valence-corrected chi connectivity index (χ3v) is 4.00. The van der Waals surface area contributed by atoms with Gasteiger partial charge in [0.1, 0.15) is 11.4 Å². The second-order valence-electron chi connectivity index (χ2n) is 6.56. The molecule has 0 unspecified atom stereocenters. The molecule has 0 saturated carbocycles. The third kappa shape index (κ3) is 4.33. The number of nitrogens with zero attached hydrogens (tertiary/aromatic N) is 1. The van der Waals surface area contributed by atoms with Gasteiger partial charge in [-0.05, 0) is 40.0 Å². The molecule has 19 heavy (non-hydrogen) atoms. The normalized spacial score (nSPS) is 31.6. The lowest BCUT2D eigenvalue weighted by atomic mass is 9.88. The lowest BCUT2D eigenvalue weighted by Crippen LogP contribution is -2.42. The topological polar surface area (TPSA) is 29.5 Å². The first kappa shape index (κ1) is 14.6. The fraction of sp³-hybridized carbons (Fsp3) is 0.812. The summed E-state index contributed by atoms with van der Waals surface area (Å²) in [5.74, 6) is 6.95. The molecule has 3 heteroatoms. The number of rotatable bonds is 1. The van der Waals surface area contributed by atoms with Crippen LogP contribution in [-0.2, 0) is 9.53 Å². The van der Waals surface area contributed by atoms with E-state index in [9.17, 15) is 4.79 Å². The van der Waals surface area contributed by atoms with Gasteiger partial charge in [-0.1, -0.05) is 11.8 Å². The molecule has 0 N–H and O–H groups in total. The molecule has 0 bridgehead atoms. The van der Waals surface area contributed by atoms with Crippen molar-refractivity contribution in [2.45, 2.75) is 64.1 Å². The average molecular weight is 263 g/mol.